The number of benzene rings is 1. The fraction of sp³-hybridized carbons (Fsp3) is 0.412. The van der Waals surface area contributed by atoms with Gasteiger partial charge in [-0.1, -0.05) is 38.1 Å². The average Bonchev–Trinajstić information content (AvgIpc) is 3.30. The molecule has 0 atom stereocenters. The van der Waals surface area contributed by atoms with Crippen molar-refractivity contribution in [2.75, 3.05) is 0 Å². The first-order valence-electron chi connectivity index (χ1n) is 7.38. The van der Waals surface area contributed by atoms with Crippen molar-refractivity contribution < 1.29 is 0 Å². The Kier molecular flexibility index (Phi) is 3.79. The Morgan fingerprint density at radius 2 is 1.90 bits per heavy atom. The van der Waals surface area contributed by atoms with Gasteiger partial charge in [-0.25, -0.2) is 9.97 Å². The molecule has 1 aliphatic rings. The average molecular weight is 267 g/mol. The highest BCUT2D eigenvalue weighted by atomic mass is 15.0. The Labute approximate surface area is 120 Å². The fourth-order valence-corrected chi connectivity index (χ4v) is 2.19. The molecule has 1 aliphatic carbocycles. The number of rotatable bonds is 5. The van der Waals surface area contributed by atoms with Crippen LogP contribution >= 0.6 is 0 Å². The van der Waals surface area contributed by atoms with Gasteiger partial charge < -0.3 is 5.32 Å². The molecule has 0 bridgehead atoms. The van der Waals surface area contributed by atoms with Crippen molar-refractivity contribution in [1.82, 2.24) is 15.3 Å². The first-order chi connectivity index (χ1) is 9.72. The van der Waals surface area contributed by atoms with E-state index in [0.29, 0.717) is 12.0 Å². The van der Waals surface area contributed by atoms with Gasteiger partial charge in [0.25, 0.3) is 0 Å². The lowest BCUT2D eigenvalue weighted by molar-refractivity contribution is 0.673. The van der Waals surface area contributed by atoms with E-state index in [2.05, 4.69) is 53.4 Å². The second-order valence-electron chi connectivity index (χ2n) is 5.80. The molecule has 2 aromatic rings. The molecule has 0 amide bonds. The third-order valence-corrected chi connectivity index (χ3v) is 3.70. The Bertz CT molecular complexity index is 571. The van der Waals surface area contributed by atoms with Crippen LogP contribution < -0.4 is 5.32 Å². The molecular weight excluding hydrogens is 246 g/mol. The molecule has 0 unspecified atom stereocenters. The van der Waals surface area contributed by atoms with Crippen molar-refractivity contribution in [1.29, 1.82) is 0 Å². The van der Waals surface area contributed by atoms with Crippen molar-refractivity contribution in [2.45, 2.75) is 45.2 Å². The van der Waals surface area contributed by atoms with Crippen LogP contribution in [0.15, 0.2) is 36.5 Å². The topological polar surface area (TPSA) is 37.8 Å². The first kappa shape index (κ1) is 13.3. The van der Waals surface area contributed by atoms with Crippen LogP contribution in [0.2, 0.25) is 0 Å². The minimum absolute atomic E-state index is 0.555. The highest BCUT2D eigenvalue weighted by Crippen LogP contribution is 2.21. The molecule has 20 heavy (non-hydrogen) atoms. The van der Waals surface area contributed by atoms with Crippen molar-refractivity contribution in [2.24, 2.45) is 0 Å². The zero-order valence-corrected chi connectivity index (χ0v) is 12.1. The molecule has 0 saturated heterocycles. The third-order valence-electron chi connectivity index (χ3n) is 3.70. The summed E-state index contributed by atoms with van der Waals surface area (Å²) in [4.78, 5) is 9.03. The predicted octanol–water partition coefficient (Wildman–Crippen LogP) is 3.52. The second kappa shape index (κ2) is 5.71. The summed E-state index contributed by atoms with van der Waals surface area (Å²) in [5.41, 5.74) is 3.50. The van der Waals surface area contributed by atoms with Gasteiger partial charge >= 0.3 is 0 Å². The summed E-state index contributed by atoms with van der Waals surface area (Å²) < 4.78 is 0. The number of nitrogens with one attached hydrogen (secondary N) is 1. The summed E-state index contributed by atoms with van der Waals surface area (Å²) in [6, 6.07) is 11.3. The van der Waals surface area contributed by atoms with E-state index in [9.17, 15) is 0 Å². The highest BCUT2D eigenvalue weighted by molar-refractivity contribution is 5.55. The Hall–Kier alpha value is -1.74. The van der Waals surface area contributed by atoms with Crippen LogP contribution in [-0.4, -0.2) is 16.0 Å². The standard InChI is InChI=1S/C17H21N3/c1-12(2)13-3-5-14(6-4-13)17-18-10-9-16(20-17)11-19-15-7-8-15/h3-6,9-10,12,15,19H,7-8,11H2,1-2H3. The van der Waals surface area contributed by atoms with E-state index < -0.39 is 0 Å². The summed E-state index contributed by atoms with van der Waals surface area (Å²) in [5, 5.41) is 3.49. The maximum absolute atomic E-state index is 4.64. The summed E-state index contributed by atoms with van der Waals surface area (Å²) >= 11 is 0. The lowest BCUT2D eigenvalue weighted by atomic mass is 10.0. The fourth-order valence-electron chi connectivity index (χ4n) is 2.19. The van der Waals surface area contributed by atoms with Crippen LogP contribution in [0.3, 0.4) is 0 Å². The number of aromatic nitrogens is 2. The van der Waals surface area contributed by atoms with Crippen LogP contribution in [0.5, 0.6) is 0 Å². The van der Waals surface area contributed by atoms with Crippen LogP contribution in [0.1, 0.15) is 43.9 Å². The molecule has 104 valence electrons. The normalized spacial score (nSPS) is 14.8. The molecule has 1 saturated carbocycles. The van der Waals surface area contributed by atoms with Gasteiger partial charge in [0.05, 0.1) is 5.69 Å². The minimum atomic E-state index is 0.555. The van der Waals surface area contributed by atoms with E-state index >= 15 is 0 Å². The van der Waals surface area contributed by atoms with E-state index in [1.165, 1.54) is 18.4 Å². The van der Waals surface area contributed by atoms with Crippen molar-refractivity contribution in [3.8, 4) is 11.4 Å². The van der Waals surface area contributed by atoms with Gasteiger partial charge in [0, 0.05) is 24.3 Å². The number of hydrogen-bond acceptors (Lipinski definition) is 3. The molecule has 1 N–H and O–H groups in total. The largest absolute Gasteiger partial charge is 0.308 e. The smallest absolute Gasteiger partial charge is 0.159 e. The lowest BCUT2D eigenvalue weighted by Gasteiger charge is -2.07. The Morgan fingerprint density at radius 3 is 2.55 bits per heavy atom. The molecule has 1 fully saturated rings. The summed E-state index contributed by atoms with van der Waals surface area (Å²) in [5.74, 6) is 1.37. The molecule has 1 aromatic heterocycles. The van der Waals surface area contributed by atoms with Crippen molar-refractivity contribution in [3.05, 3.63) is 47.8 Å². The molecule has 1 aromatic carbocycles. The monoisotopic (exact) mass is 267 g/mol. The van der Waals surface area contributed by atoms with E-state index in [1.54, 1.807) is 0 Å². The van der Waals surface area contributed by atoms with Gasteiger partial charge in [0.15, 0.2) is 5.82 Å². The molecule has 0 aliphatic heterocycles. The van der Waals surface area contributed by atoms with Crippen molar-refractivity contribution in [3.63, 3.8) is 0 Å². The Morgan fingerprint density at radius 1 is 1.15 bits per heavy atom. The van der Waals surface area contributed by atoms with Crippen molar-refractivity contribution >= 4 is 0 Å². The SMILES string of the molecule is CC(C)c1ccc(-c2nccc(CNC3CC3)n2)cc1. The van der Waals surface area contributed by atoms with Crippen LogP contribution in [-0.2, 0) is 6.54 Å². The molecule has 3 nitrogen and oxygen atoms in total. The molecule has 0 radical (unpaired) electrons. The zero-order chi connectivity index (χ0) is 13.9. The minimum Gasteiger partial charge on any atom is -0.308 e. The summed E-state index contributed by atoms with van der Waals surface area (Å²) in [6.45, 7) is 5.25. The van der Waals surface area contributed by atoms with Gasteiger partial charge in [0.2, 0.25) is 0 Å². The molecule has 3 rings (SSSR count). The maximum atomic E-state index is 4.64. The van der Waals surface area contributed by atoms with Crippen LogP contribution in [0, 0.1) is 0 Å². The number of nitrogens with zero attached hydrogens (tertiary/aromatic N) is 2. The quantitative estimate of drug-likeness (QED) is 0.900. The van der Waals surface area contributed by atoms with Gasteiger partial charge in [-0.15, -0.1) is 0 Å². The van der Waals surface area contributed by atoms with E-state index in [1.807, 2.05) is 12.3 Å². The molecule has 3 heteroatoms. The van der Waals surface area contributed by atoms with Gasteiger partial charge in [-0.3, -0.25) is 0 Å². The maximum Gasteiger partial charge on any atom is 0.159 e. The lowest BCUT2D eigenvalue weighted by Crippen LogP contribution is -2.16. The molecule has 1 heterocycles. The highest BCUT2D eigenvalue weighted by Gasteiger charge is 2.20. The predicted molar refractivity (Wildman–Crippen MR) is 81.4 cm³/mol. The first-order valence-corrected chi connectivity index (χ1v) is 7.38. The third kappa shape index (κ3) is 3.23. The molecule has 0 spiro atoms. The van der Waals surface area contributed by atoms with Crippen LogP contribution in [0.25, 0.3) is 11.4 Å². The van der Waals surface area contributed by atoms with E-state index in [0.717, 1.165) is 23.6 Å². The second-order valence-corrected chi connectivity index (χ2v) is 5.80. The Balaban J connectivity index is 1.76. The summed E-state index contributed by atoms with van der Waals surface area (Å²) in [6.07, 6.45) is 4.45. The van der Waals surface area contributed by atoms with Gasteiger partial charge in [-0.05, 0) is 30.4 Å². The van der Waals surface area contributed by atoms with Crippen LogP contribution in [0.4, 0.5) is 0 Å². The van der Waals surface area contributed by atoms with E-state index in [-0.39, 0.29) is 0 Å². The van der Waals surface area contributed by atoms with Gasteiger partial charge in [-0.2, -0.15) is 0 Å². The molecular formula is C17H21N3. The zero-order valence-electron chi connectivity index (χ0n) is 12.1. The number of hydrogen-bond donors (Lipinski definition) is 1. The van der Waals surface area contributed by atoms with Gasteiger partial charge in [0.1, 0.15) is 0 Å². The summed E-state index contributed by atoms with van der Waals surface area (Å²) in [7, 11) is 0. The van der Waals surface area contributed by atoms with E-state index in [4.69, 9.17) is 0 Å².